The molecule has 0 bridgehead atoms. The molecule has 0 aliphatic carbocycles. The number of benzene rings is 1. The number of nitrogens with one attached hydrogen (secondary N) is 1. The Bertz CT molecular complexity index is 435. The van der Waals surface area contributed by atoms with Gasteiger partial charge in [0.1, 0.15) is 12.1 Å². The molecule has 1 aromatic carbocycles. The Morgan fingerprint density at radius 1 is 1.37 bits per heavy atom. The molecule has 1 aromatic rings. The topological polar surface area (TPSA) is 56.8 Å². The van der Waals surface area contributed by atoms with E-state index in [-0.39, 0.29) is 18.1 Å². The van der Waals surface area contributed by atoms with Crippen molar-refractivity contribution in [2.75, 3.05) is 20.3 Å². The zero-order chi connectivity index (χ0) is 13.7. The quantitative estimate of drug-likeness (QED) is 0.815. The SMILES string of the molecule is CCOc1ccccc1O[C@H]1CN[C@H](C(=O)OC)C1. The largest absolute Gasteiger partial charge is 0.490 e. The lowest BCUT2D eigenvalue weighted by Crippen LogP contribution is -2.31. The van der Waals surface area contributed by atoms with Crippen LogP contribution in [0.15, 0.2) is 24.3 Å². The first kappa shape index (κ1) is 13.7. The van der Waals surface area contributed by atoms with Crippen LogP contribution in [-0.4, -0.2) is 38.4 Å². The van der Waals surface area contributed by atoms with Crippen molar-refractivity contribution >= 4 is 5.97 Å². The van der Waals surface area contributed by atoms with Gasteiger partial charge in [-0.05, 0) is 19.1 Å². The van der Waals surface area contributed by atoms with E-state index >= 15 is 0 Å². The van der Waals surface area contributed by atoms with Gasteiger partial charge >= 0.3 is 5.97 Å². The number of ether oxygens (including phenoxy) is 3. The molecule has 104 valence electrons. The third kappa shape index (κ3) is 3.38. The molecular weight excluding hydrogens is 246 g/mol. The molecular formula is C14H19NO4. The van der Waals surface area contributed by atoms with Gasteiger partial charge in [-0.25, -0.2) is 0 Å². The summed E-state index contributed by atoms with van der Waals surface area (Å²) in [5, 5.41) is 3.09. The van der Waals surface area contributed by atoms with Crippen molar-refractivity contribution in [2.24, 2.45) is 0 Å². The zero-order valence-electron chi connectivity index (χ0n) is 11.2. The lowest BCUT2D eigenvalue weighted by Gasteiger charge is -2.16. The minimum atomic E-state index is -0.283. The summed E-state index contributed by atoms with van der Waals surface area (Å²) in [6.07, 6.45) is 0.554. The second kappa shape index (κ2) is 6.43. The normalized spacial score (nSPS) is 22.0. The highest BCUT2D eigenvalue weighted by molar-refractivity contribution is 5.76. The average molecular weight is 265 g/mol. The molecule has 0 unspecified atom stereocenters. The monoisotopic (exact) mass is 265 g/mol. The van der Waals surface area contributed by atoms with Crippen LogP contribution in [0.25, 0.3) is 0 Å². The van der Waals surface area contributed by atoms with Crippen LogP contribution in [-0.2, 0) is 9.53 Å². The van der Waals surface area contributed by atoms with Crippen molar-refractivity contribution in [3.8, 4) is 11.5 Å². The lowest BCUT2D eigenvalue weighted by atomic mass is 10.2. The molecule has 19 heavy (non-hydrogen) atoms. The Morgan fingerprint density at radius 3 is 2.79 bits per heavy atom. The van der Waals surface area contributed by atoms with Gasteiger partial charge < -0.3 is 19.5 Å². The van der Waals surface area contributed by atoms with Crippen LogP contribution in [0.3, 0.4) is 0 Å². The minimum Gasteiger partial charge on any atom is -0.490 e. The molecule has 5 nitrogen and oxygen atoms in total. The predicted octanol–water partition coefficient (Wildman–Crippen LogP) is 1.37. The van der Waals surface area contributed by atoms with E-state index in [0.717, 1.165) is 5.75 Å². The lowest BCUT2D eigenvalue weighted by molar-refractivity contribution is -0.142. The molecule has 5 heteroatoms. The van der Waals surface area contributed by atoms with Crippen LogP contribution < -0.4 is 14.8 Å². The summed E-state index contributed by atoms with van der Waals surface area (Å²) in [4.78, 5) is 11.4. The van der Waals surface area contributed by atoms with E-state index in [0.29, 0.717) is 25.3 Å². The standard InChI is InChI=1S/C14H19NO4/c1-3-18-12-6-4-5-7-13(12)19-10-8-11(15-9-10)14(16)17-2/h4-7,10-11,15H,3,8-9H2,1-2H3/t10-,11+/m1/s1. The van der Waals surface area contributed by atoms with Gasteiger partial charge in [-0.15, -0.1) is 0 Å². The van der Waals surface area contributed by atoms with Crippen LogP contribution in [0.1, 0.15) is 13.3 Å². The smallest absolute Gasteiger partial charge is 0.323 e. The third-order valence-corrected chi connectivity index (χ3v) is 3.02. The Kier molecular flexibility index (Phi) is 4.63. The van der Waals surface area contributed by atoms with Crippen molar-refractivity contribution in [1.29, 1.82) is 0 Å². The first-order valence-corrected chi connectivity index (χ1v) is 6.44. The van der Waals surface area contributed by atoms with E-state index in [2.05, 4.69) is 5.32 Å². The maximum atomic E-state index is 11.4. The fourth-order valence-electron chi connectivity index (χ4n) is 2.12. The van der Waals surface area contributed by atoms with E-state index in [1.54, 1.807) is 0 Å². The molecule has 0 saturated carbocycles. The van der Waals surface area contributed by atoms with Gasteiger partial charge in [-0.3, -0.25) is 4.79 Å². The third-order valence-electron chi connectivity index (χ3n) is 3.02. The van der Waals surface area contributed by atoms with Crippen molar-refractivity contribution < 1.29 is 19.0 Å². The number of para-hydroxylation sites is 2. The van der Waals surface area contributed by atoms with E-state index in [4.69, 9.17) is 14.2 Å². The Labute approximate surface area is 112 Å². The summed E-state index contributed by atoms with van der Waals surface area (Å²) in [7, 11) is 1.39. The highest BCUT2D eigenvalue weighted by Gasteiger charge is 2.31. The average Bonchev–Trinajstić information content (AvgIpc) is 2.89. The number of esters is 1. The van der Waals surface area contributed by atoms with Crippen LogP contribution in [0, 0.1) is 0 Å². The Morgan fingerprint density at radius 2 is 2.11 bits per heavy atom. The van der Waals surface area contributed by atoms with Crippen LogP contribution in [0.4, 0.5) is 0 Å². The summed E-state index contributed by atoms with van der Waals surface area (Å²) in [5.41, 5.74) is 0. The maximum Gasteiger partial charge on any atom is 0.323 e. The van der Waals surface area contributed by atoms with Gasteiger partial charge in [0.15, 0.2) is 11.5 Å². The molecule has 0 aromatic heterocycles. The van der Waals surface area contributed by atoms with Crippen LogP contribution in [0.2, 0.25) is 0 Å². The van der Waals surface area contributed by atoms with E-state index < -0.39 is 0 Å². The predicted molar refractivity (Wildman–Crippen MR) is 70.5 cm³/mol. The molecule has 2 rings (SSSR count). The number of hydrogen-bond donors (Lipinski definition) is 1. The van der Waals surface area contributed by atoms with Crippen molar-refractivity contribution in [2.45, 2.75) is 25.5 Å². The number of carbonyl (C=O) groups excluding carboxylic acids is 1. The summed E-state index contributed by atoms with van der Waals surface area (Å²) in [6, 6.07) is 7.27. The number of carbonyl (C=O) groups is 1. The van der Waals surface area contributed by atoms with Gasteiger partial charge in [0.25, 0.3) is 0 Å². The Hall–Kier alpha value is -1.75. The first-order chi connectivity index (χ1) is 9.24. The van der Waals surface area contributed by atoms with Crippen molar-refractivity contribution in [3.63, 3.8) is 0 Å². The molecule has 1 aliphatic rings. The second-order valence-electron chi connectivity index (χ2n) is 4.34. The summed E-state index contributed by atoms with van der Waals surface area (Å²) in [5.74, 6) is 1.19. The molecule has 0 amide bonds. The first-order valence-electron chi connectivity index (χ1n) is 6.44. The van der Waals surface area contributed by atoms with Gasteiger partial charge in [-0.1, -0.05) is 12.1 Å². The molecule has 1 fully saturated rings. The van der Waals surface area contributed by atoms with Crippen molar-refractivity contribution in [3.05, 3.63) is 24.3 Å². The second-order valence-corrected chi connectivity index (χ2v) is 4.34. The summed E-state index contributed by atoms with van der Waals surface area (Å²) < 4.78 is 16.1. The van der Waals surface area contributed by atoms with Crippen molar-refractivity contribution in [1.82, 2.24) is 5.32 Å². The minimum absolute atomic E-state index is 0.0503. The van der Waals surface area contributed by atoms with Crippen LogP contribution in [0.5, 0.6) is 11.5 Å². The number of methoxy groups -OCH3 is 1. The van der Waals surface area contributed by atoms with Gasteiger partial charge in [0, 0.05) is 13.0 Å². The Balaban J connectivity index is 1.97. The van der Waals surface area contributed by atoms with E-state index in [1.165, 1.54) is 7.11 Å². The molecule has 1 aliphatic heterocycles. The van der Waals surface area contributed by atoms with Gasteiger partial charge in [0.2, 0.25) is 0 Å². The van der Waals surface area contributed by atoms with E-state index in [1.807, 2.05) is 31.2 Å². The molecule has 1 saturated heterocycles. The summed E-state index contributed by atoms with van der Waals surface area (Å²) in [6.45, 7) is 3.15. The number of rotatable bonds is 5. The van der Waals surface area contributed by atoms with Gasteiger partial charge in [0.05, 0.1) is 13.7 Å². The fourth-order valence-corrected chi connectivity index (χ4v) is 2.12. The van der Waals surface area contributed by atoms with E-state index in [9.17, 15) is 4.79 Å². The van der Waals surface area contributed by atoms with Crippen LogP contribution >= 0.6 is 0 Å². The molecule has 0 radical (unpaired) electrons. The summed E-state index contributed by atoms with van der Waals surface area (Å²) >= 11 is 0. The molecule has 0 spiro atoms. The fraction of sp³-hybridized carbons (Fsp3) is 0.500. The zero-order valence-corrected chi connectivity index (χ0v) is 11.2. The molecule has 1 N–H and O–H groups in total. The maximum absolute atomic E-state index is 11.4. The van der Waals surface area contributed by atoms with Gasteiger partial charge in [-0.2, -0.15) is 0 Å². The molecule has 1 heterocycles. The highest BCUT2D eigenvalue weighted by atomic mass is 16.5. The highest BCUT2D eigenvalue weighted by Crippen LogP contribution is 2.28. The number of hydrogen-bond acceptors (Lipinski definition) is 5. The molecule has 2 atom stereocenters.